The van der Waals surface area contributed by atoms with Crippen molar-refractivity contribution in [1.82, 2.24) is 14.1 Å². The summed E-state index contributed by atoms with van der Waals surface area (Å²) in [6, 6.07) is 8.17. The normalized spacial score (nSPS) is 19.1. The van der Waals surface area contributed by atoms with Crippen molar-refractivity contribution in [3.8, 4) is 0 Å². The number of benzene rings is 1. The minimum atomic E-state index is -0.0276. The van der Waals surface area contributed by atoms with Crippen molar-refractivity contribution in [2.75, 3.05) is 37.2 Å². The average molecular weight is 478 g/mol. The third-order valence-corrected chi connectivity index (χ3v) is 7.72. The predicted octanol–water partition coefficient (Wildman–Crippen LogP) is 5.08. The molecule has 0 atom stereocenters. The van der Waals surface area contributed by atoms with Crippen molar-refractivity contribution in [1.29, 1.82) is 0 Å². The van der Waals surface area contributed by atoms with Crippen molar-refractivity contribution < 1.29 is 4.79 Å². The molecule has 3 aliphatic rings. The lowest BCUT2D eigenvalue weighted by Crippen LogP contribution is -2.45. The molecule has 6 heteroatoms. The number of anilines is 1. The molecule has 0 unspecified atom stereocenters. The molecule has 1 saturated heterocycles. The Morgan fingerprint density at radius 3 is 2.68 bits per heavy atom. The summed E-state index contributed by atoms with van der Waals surface area (Å²) < 4.78 is 2.54. The molecular weight excluding hydrogens is 440 g/mol. The first-order chi connectivity index (χ1) is 16.5. The molecule has 34 heavy (non-hydrogen) atoms. The molecule has 0 aromatic heterocycles. The molecule has 0 spiro atoms. The number of fused-ring (bicyclic) bond motifs is 1. The number of thiol groups is 1. The third kappa shape index (κ3) is 5.34. The Bertz CT molecular complexity index is 1070. The maximum Gasteiger partial charge on any atom is 0.251 e. The minimum absolute atomic E-state index is 0.0276. The van der Waals surface area contributed by atoms with Gasteiger partial charge >= 0.3 is 0 Å². The second-order valence-corrected chi connectivity index (χ2v) is 10.3. The summed E-state index contributed by atoms with van der Waals surface area (Å²) in [5.41, 5.74) is 7.84. The van der Waals surface area contributed by atoms with E-state index in [0.717, 1.165) is 61.5 Å². The first kappa shape index (κ1) is 24.4. The van der Waals surface area contributed by atoms with Gasteiger partial charge in [-0.05, 0) is 63.5 Å². The molecule has 1 aromatic rings. The van der Waals surface area contributed by atoms with Gasteiger partial charge in [-0.3, -0.25) is 4.79 Å². The summed E-state index contributed by atoms with van der Waals surface area (Å²) in [5, 5.41) is 3.06. The lowest BCUT2D eigenvalue weighted by Gasteiger charge is -2.37. The van der Waals surface area contributed by atoms with Crippen LogP contribution in [0.1, 0.15) is 46.1 Å². The standard InChI is InChI=1S/C28H36N4OS/c1-5-22(6-2)28(33)29-24-10-8-9-23(19-24)26-12-11-21(4)27-20-25(13-14-32(26)27)30-15-17-31(18-16-30)34-7-3/h5,8-10,12-14,19-20H,6-7,11,15-18H2,1-4H3,(H,29,33)/p+1/b22-5+. The number of allylic oxidation sites excluding steroid dienone is 5. The fourth-order valence-corrected chi connectivity index (χ4v) is 5.55. The lowest BCUT2D eigenvalue weighted by molar-refractivity contribution is -0.113. The summed E-state index contributed by atoms with van der Waals surface area (Å²) >= 11 is 1.45. The van der Waals surface area contributed by atoms with Gasteiger partial charge in [0.2, 0.25) is 0 Å². The number of hydrogen-bond donors (Lipinski definition) is 1. The van der Waals surface area contributed by atoms with Crippen molar-refractivity contribution in [3.05, 3.63) is 82.9 Å². The van der Waals surface area contributed by atoms with Gasteiger partial charge in [-0.2, -0.15) is 0 Å². The van der Waals surface area contributed by atoms with Crippen molar-refractivity contribution in [2.24, 2.45) is 0 Å². The molecule has 4 rings (SSSR count). The van der Waals surface area contributed by atoms with E-state index < -0.39 is 0 Å². The molecule has 5 nitrogen and oxygen atoms in total. The largest absolute Gasteiger partial charge is 0.369 e. The van der Waals surface area contributed by atoms with Crippen LogP contribution in [0, 0.1) is 0 Å². The Morgan fingerprint density at radius 1 is 1.18 bits per heavy atom. The van der Waals surface area contributed by atoms with Gasteiger partial charge < -0.3 is 15.1 Å². The van der Waals surface area contributed by atoms with Crippen LogP contribution in [0.2, 0.25) is 0 Å². The molecule has 0 radical (unpaired) electrons. The Labute approximate surface area is 208 Å². The number of piperazine rings is 1. The van der Waals surface area contributed by atoms with E-state index in [1.165, 1.54) is 34.7 Å². The van der Waals surface area contributed by atoms with E-state index in [1.807, 2.05) is 32.1 Å². The van der Waals surface area contributed by atoms with E-state index in [9.17, 15) is 4.79 Å². The van der Waals surface area contributed by atoms with Gasteiger partial charge in [-0.15, -0.1) is 4.31 Å². The van der Waals surface area contributed by atoms with Crippen molar-refractivity contribution in [3.63, 3.8) is 0 Å². The highest BCUT2D eigenvalue weighted by molar-refractivity contribution is 7.76. The number of nitrogens with one attached hydrogen (secondary N) is 1. The summed E-state index contributed by atoms with van der Waals surface area (Å²) in [7, 11) is 0. The Morgan fingerprint density at radius 2 is 1.97 bits per heavy atom. The number of rotatable bonds is 7. The van der Waals surface area contributed by atoms with Crippen LogP contribution in [0.25, 0.3) is 5.70 Å². The summed E-state index contributed by atoms with van der Waals surface area (Å²) in [4.78, 5) is 17.3. The van der Waals surface area contributed by atoms with Crippen LogP contribution in [0.3, 0.4) is 0 Å². The smallest absolute Gasteiger partial charge is 0.251 e. The highest BCUT2D eigenvalue weighted by Crippen LogP contribution is 2.36. The highest BCUT2D eigenvalue weighted by Gasteiger charge is 2.26. The van der Waals surface area contributed by atoms with E-state index in [2.05, 4.69) is 69.8 Å². The van der Waals surface area contributed by atoms with Gasteiger partial charge in [0.1, 0.15) is 5.75 Å². The van der Waals surface area contributed by atoms with Gasteiger partial charge in [0.25, 0.3) is 5.91 Å². The van der Waals surface area contributed by atoms with Crippen molar-refractivity contribution in [2.45, 2.75) is 40.5 Å². The summed E-state index contributed by atoms with van der Waals surface area (Å²) in [6.07, 6.45) is 12.6. The maximum atomic E-state index is 12.5. The summed E-state index contributed by atoms with van der Waals surface area (Å²) in [5.74, 6) is 1.17. The van der Waals surface area contributed by atoms with Gasteiger partial charge in [-0.1, -0.05) is 31.2 Å². The minimum Gasteiger partial charge on any atom is -0.369 e. The van der Waals surface area contributed by atoms with Gasteiger partial charge in [-0.25, -0.2) is 0 Å². The Kier molecular flexibility index (Phi) is 8.01. The van der Waals surface area contributed by atoms with Crippen LogP contribution in [-0.2, 0) is 16.7 Å². The first-order valence-electron chi connectivity index (χ1n) is 12.4. The van der Waals surface area contributed by atoms with Crippen LogP contribution < -0.4 is 5.32 Å². The second kappa shape index (κ2) is 11.2. The molecule has 0 bridgehead atoms. The number of nitrogens with zero attached hydrogens (tertiary/aromatic N) is 3. The molecule has 1 aromatic carbocycles. The molecular formula is C28H37N4OS+. The molecule has 0 saturated carbocycles. The van der Waals surface area contributed by atoms with Gasteiger partial charge in [0.15, 0.2) is 0 Å². The van der Waals surface area contributed by atoms with Crippen LogP contribution in [0.5, 0.6) is 0 Å². The Hall–Kier alpha value is -2.70. The SMILES string of the molecule is C/C=C(\CC)C(=O)Nc1cccc(C2=CCC(C)=C3C=C(N4CCN([SH+]CC)CC4)C=CN23)c1. The Balaban J connectivity index is 1.50. The molecule has 180 valence electrons. The fourth-order valence-electron chi connectivity index (χ4n) is 4.69. The van der Waals surface area contributed by atoms with E-state index >= 15 is 0 Å². The topological polar surface area (TPSA) is 38.8 Å². The number of amides is 1. The number of hydrogen-bond acceptors (Lipinski definition) is 4. The highest BCUT2D eigenvalue weighted by atomic mass is 32.2. The second-order valence-electron chi connectivity index (χ2n) is 8.81. The van der Waals surface area contributed by atoms with E-state index in [4.69, 9.17) is 0 Å². The van der Waals surface area contributed by atoms with E-state index in [0.29, 0.717) is 0 Å². The molecule has 3 heterocycles. The first-order valence-corrected chi connectivity index (χ1v) is 13.4. The maximum absolute atomic E-state index is 12.5. The van der Waals surface area contributed by atoms with Crippen LogP contribution in [-0.4, -0.2) is 51.9 Å². The van der Waals surface area contributed by atoms with Crippen LogP contribution in [0.15, 0.2) is 77.3 Å². The lowest BCUT2D eigenvalue weighted by atomic mass is 9.98. The zero-order chi connectivity index (χ0) is 24.1. The van der Waals surface area contributed by atoms with E-state index in [1.54, 1.807) is 0 Å². The molecule has 1 amide bonds. The summed E-state index contributed by atoms with van der Waals surface area (Å²) in [6.45, 7) is 12.8. The van der Waals surface area contributed by atoms with Gasteiger partial charge in [0.05, 0.1) is 25.0 Å². The quantitative estimate of drug-likeness (QED) is 0.338. The number of carbonyl (C=O) groups is 1. The molecule has 1 fully saturated rings. The third-order valence-electron chi connectivity index (χ3n) is 6.64. The molecule has 1 N–H and O–H groups in total. The predicted molar refractivity (Wildman–Crippen MR) is 146 cm³/mol. The molecule has 3 aliphatic heterocycles. The van der Waals surface area contributed by atoms with Gasteiger partial charge in [0, 0.05) is 53.2 Å². The van der Waals surface area contributed by atoms with Crippen LogP contribution >= 0.6 is 0 Å². The number of carbonyl (C=O) groups excluding carboxylic acids is 1. The fraction of sp³-hybridized carbons (Fsp3) is 0.393. The zero-order valence-corrected chi connectivity index (χ0v) is 21.7. The van der Waals surface area contributed by atoms with Crippen molar-refractivity contribution >= 4 is 29.2 Å². The van der Waals surface area contributed by atoms with Crippen LogP contribution in [0.4, 0.5) is 5.69 Å². The molecule has 0 aliphatic carbocycles. The van der Waals surface area contributed by atoms with E-state index in [-0.39, 0.29) is 5.91 Å². The zero-order valence-electron chi connectivity index (χ0n) is 20.8. The monoisotopic (exact) mass is 477 g/mol. The average Bonchev–Trinajstić information content (AvgIpc) is 2.86.